The molecule has 0 bridgehead atoms. The van der Waals surface area contributed by atoms with Crippen LogP contribution in [0.15, 0.2) is 47.4 Å². The van der Waals surface area contributed by atoms with Crippen LogP contribution in [0, 0.1) is 13.8 Å². The molecule has 4 rings (SSSR count). The largest absolute Gasteiger partial charge is 0.490 e. The summed E-state index contributed by atoms with van der Waals surface area (Å²) in [4.78, 5) is 15.0. The number of hydrogen-bond donors (Lipinski definition) is 0. The first-order chi connectivity index (χ1) is 15.8. The third-order valence-corrected chi connectivity index (χ3v) is 8.63. The van der Waals surface area contributed by atoms with E-state index in [1.54, 1.807) is 28.6 Å². The Morgan fingerprint density at radius 1 is 0.909 bits per heavy atom. The van der Waals surface area contributed by atoms with Crippen LogP contribution in [0.4, 0.5) is 0 Å². The molecular weight excluding hydrogens is 436 g/mol. The molecule has 2 saturated heterocycles. The Labute approximate surface area is 197 Å². The Balaban J connectivity index is 1.30. The van der Waals surface area contributed by atoms with Crippen molar-refractivity contribution in [3.05, 3.63) is 59.2 Å². The summed E-state index contributed by atoms with van der Waals surface area (Å²) in [6.45, 7) is 6.65. The van der Waals surface area contributed by atoms with E-state index in [2.05, 4.69) is 26.0 Å². The van der Waals surface area contributed by atoms with Gasteiger partial charge in [-0.05, 0) is 55.5 Å². The van der Waals surface area contributed by atoms with Crippen molar-refractivity contribution < 1.29 is 17.9 Å². The van der Waals surface area contributed by atoms with E-state index in [0.717, 1.165) is 54.5 Å². The van der Waals surface area contributed by atoms with Crippen LogP contribution in [0.25, 0.3) is 0 Å². The predicted molar refractivity (Wildman–Crippen MR) is 129 cm³/mol. The van der Waals surface area contributed by atoms with E-state index < -0.39 is 10.0 Å². The van der Waals surface area contributed by atoms with Crippen LogP contribution in [0.1, 0.15) is 48.8 Å². The summed E-state index contributed by atoms with van der Waals surface area (Å²) < 4.78 is 33.5. The molecule has 2 aromatic carbocycles. The molecule has 7 heteroatoms. The molecule has 0 aromatic heterocycles. The monoisotopic (exact) mass is 470 g/mol. The van der Waals surface area contributed by atoms with Crippen LogP contribution >= 0.6 is 0 Å². The lowest BCUT2D eigenvalue weighted by atomic mass is 10.0. The molecule has 33 heavy (non-hydrogen) atoms. The molecule has 2 aromatic rings. The first-order valence-corrected chi connectivity index (χ1v) is 13.4. The normalized spacial score (nSPS) is 18.3. The molecule has 0 aliphatic carbocycles. The minimum atomic E-state index is -3.44. The lowest BCUT2D eigenvalue weighted by Crippen LogP contribution is -2.42. The summed E-state index contributed by atoms with van der Waals surface area (Å²) >= 11 is 0. The van der Waals surface area contributed by atoms with Crippen molar-refractivity contribution in [2.45, 2.75) is 63.4 Å². The highest BCUT2D eigenvalue weighted by Crippen LogP contribution is 2.27. The van der Waals surface area contributed by atoms with Gasteiger partial charge in [0, 0.05) is 39.0 Å². The van der Waals surface area contributed by atoms with Gasteiger partial charge in [0.1, 0.15) is 11.9 Å². The van der Waals surface area contributed by atoms with Gasteiger partial charge in [0.15, 0.2) is 0 Å². The zero-order valence-electron chi connectivity index (χ0n) is 19.6. The number of benzene rings is 2. The van der Waals surface area contributed by atoms with E-state index in [-0.39, 0.29) is 18.4 Å². The number of hydrogen-bond acceptors (Lipinski definition) is 4. The number of sulfonamides is 1. The van der Waals surface area contributed by atoms with Gasteiger partial charge in [-0.1, -0.05) is 36.8 Å². The number of ether oxygens (including phenoxy) is 1. The molecule has 2 aliphatic heterocycles. The first kappa shape index (κ1) is 23.8. The zero-order valence-corrected chi connectivity index (χ0v) is 20.4. The van der Waals surface area contributed by atoms with Crippen molar-refractivity contribution in [3.63, 3.8) is 0 Å². The van der Waals surface area contributed by atoms with E-state index in [1.165, 1.54) is 0 Å². The molecule has 0 N–H and O–H groups in total. The number of piperidine rings is 2. The maximum absolute atomic E-state index is 12.8. The average molecular weight is 471 g/mol. The standard InChI is InChI=1S/C26H34N2O4S/c1-20-7-6-8-21(2)26(20)32-23-13-17-27(18-14-23)25(29)19-22-9-11-24(12-10-22)33(30,31)28-15-4-3-5-16-28/h6-12,23H,3-5,13-19H2,1-2H3. The minimum absolute atomic E-state index is 0.0761. The van der Waals surface area contributed by atoms with Crippen molar-refractivity contribution in [3.8, 4) is 5.75 Å². The highest BCUT2D eigenvalue weighted by atomic mass is 32.2. The van der Waals surface area contributed by atoms with Gasteiger partial charge in [-0.2, -0.15) is 4.31 Å². The third-order valence-electron chi connectivity index (χ3n) is 6.72. The van der Waals surface area contributed by atoms with Crippen LogP contribution in [-0.4, -0.2) is 55.8 Å². The molecular formula is C26H34N2O4S. The Bertz CT molecular complexity index is 1050. The Hall–Kier alpha value is -2.38. The van der Waals surface area contributed by atoms with Gasteiger partial charge in [0.2, 0.25) is 15.9 Å². The summed E-state index contributed by atoms with van der Waals surface area (Å²) in [5.41, 5.74) is 3.12. The zero-order chi connectivity index (χ0) is 23.4. The van der Waals surface area contributed by atoms with Crippen molar-refractivity contribution in [2.75, 3.05) is 26.2 Å². The van der Waals surface area contributed by atoms with Gasteiger partial charge in [-0.25, -0.2) is 8.42 Å². The van der Waals surface area contributed by atoms with Gasteiger partial charge < -0.3 is 9.64 Å². The first-order valence-electron chi connectivity index (χ1n) is 11.9. The van der Waals surface area contributed by atoms with Crippen LogP contribution in [0.2, 0.25) is 0 Å². The Morgan fingerprint density at radius 2 is 1.52 bits per heavy atom. The second kappa shape index (κ2) is 10.3. The lowest BCUT2D eigenvalue weighted by Gasteiger charge is -2.33. The summed E-state index contributed by atoms with van der Waals surface area (Å²) in [5.74, 6) is 1.04. The van der Waals surface area contributed by atoms with Gasteiger partial charge in [0.25, 0.3) is 0 Å². The van der Waals surface area contributed by atoms with Crippen LogP contribution < -0.4 is 4.74 Å². The average Bonchev–Trinajstić information content (AvgIpc) is 2.83. The Morgan fingerprint density at radius 3 is 2.12 bits per heavy atom. The molecule has 1 amide bonds. The second-order valence-electron chi connectivity index (χ2n) is 9.20. The molecule has 0 saturated carbocycles. The van der Waals surface area contributed by atoms with E-state index in [9.17, 15) is 13.2 Å². The third kappa shape index (κ3) is 5.58. The summed E-state index contributed by atoms with van der Waals surface area (Å²) in [6, 6.07) is 13.0. The van der Waals surface area contributed by atoms with Crippen molar-refractivity contribution in [1.29, 1.82) is 0 Å². The topological polar surface area (TPSA) is 66.9 Å². The molecule has 178 valence electrons. The molecule has 0 unspecified atom stereocenters. The fraction of sp³-hybridized carbons (Fsp3) is 0.500. The van der Waals surface area contributed by atoms with Crippen LogP contribution in [0.3, 0.4) is 0 Å². The van der Waals surface area contributed by atoms with E-state index in [0.29, 0.717) is 31.1 Å². The minimum Gasteiger partial charge on any atom is -0.490 e. The maximum atomic E-state index is 12.8. The number of amides is 1. The summed E-state index contributed by atoms with van der Waals surface area (Å²) in [6.07, 6.45) is 4.94. The number of para-hydroxylation sites is 1. The number of nitrogens with zero attached hydrogens (tertiary/aromatic N) is 2. The quantitative estimate of drug-likeness (QED) is 0.638. The van der Waals surface area contributed by atoms with Crippen LogP contribution in [-0.2, 0) is 21.2 Å². The fourth-order valence-electron chi connectivity index (χ4n) is 4.69. The van der Waals surface area contributed by atoms with Gasteiger partial charge in [0.05, 0.1) is 11.3 Å². The number of aryl methyl sites for hydroxylation is 2. The molecule has 2 heterocycles. The SMILES string of the molecule is Cc1cccc(C)c1OC1CCN(C(=O)Cc2ccc(S(=O)(=O)N3CCCCC3)cc2)CC1. The van der Waals surface area contributed by atoms with Crippen molar-refractivity contribution in [1.82, 2.24) is 9.21 Å². The second-order valence-corrected chi connectivity index (χ2v) is 11.1. The van der Waals surface area contributed by atoms with E-state index in [1.807, 2.05) is 11.0 Å². The molecule has 0 radical (unpaired) electrons. The number of rotatable bonds is 6. The van der Waals surface area contributed by atoms with Gasteiger partial charge in [-0.3, -0.25) is 4.79 Å². The molecule has 0 spiro atoms. The van der Waals surface area contributed by atoms with Crippen molar-refractivity contribution >= 4 is 15.9 Å². The lowest BCUT2D eigenvalue weighted by molar-refractivity contribution is -0.132. The van der Waals surface area contributed by atoms with Crippen molar-refractivity contribution in [2.24, 2.45) is 0 Å². The number of carbonyl (C=O) groups excluding carboxylic acids is 1. The maximum Gasteiger partial charge on any atom is 0.243 e. The Kier molecular flexibility index (Phi) is 7.39. The smallest absolute Gasteiger partial charge is 0.243 e. The summed E-state index contributed by atoms with van der Waals surface area (Å²) in [5, 5.41) is 0. The van der Waals surface area contributed by atoms with Gasteiger partial charge in [-0.15, -0.1) is 0 Å². The molecule has 2 aliphatic rings. The highest BCUT2D eigenvalue weighted by molar-refractivity contribution is 7.89. The molecule has 2 fully saturated rings. The predicted octanol–water partition coefficient (Wildman–Crippen LogP) is 4.09. The molecule has 0 atom stereocenters. The van der Waals surface area contributed by atoms with E-state index in [4.69, 9.17) is 4.74 Å². The van der Waals surface area contributed by atoms with E-state index >= 15 is 0 Å². The molecule has 6 nitrogen and oxygen atoms in total. The van der Waals surface area contributed by atoms with Crippen LogP contribution in [0.5, 0.6) is 5.75 Å². The summed E-state index contributed by atoms with van der Waals surface area (Å²) in [7, 11) is -3.44. The number of likely N-dealkylation sites (tertiary alicyclic amines) is 1. The fourth-order valence-corrected chi connectivity index (χ4v) is 6.21. The van der Waals surface area contributed by atoms with Gasteiger partial charge >= 0.3 is 0 Å². The highest BCUT2D eigenvalue weighted by Gasteiger charge is 2.27. The number of carbonyl (C=O) groups is 1.